The van der Waals surface area contributed by atoms with Crippen molar-refractivity contribution < 1.29 is 30.8 Å². The van der Waals surface area contributed by atoms with E-state index in [2.05, 4.69) is 14.8 Å². The van der Waals surface area contributed by atoms with Crippen molar-refractivity contribution in [1.82, 2.24) is 4.72 Å². The molecular weight excluding hydrogens is 425 g/mol. The van der Waals surface area contributed by atoms with E-state index in [4.69, 9.17) is 4.74 Å². The van der Waals surface area contributed by atoms with Gasteiger partial charge in [0.15, 0.2) is 0 Å². The van der Waals surface area contributed by atoms with Crippen LogP contribution in [0.2, 0.25) is 0 Å². The van der Waals surface area contributed by atoms with Gasteiger partial charge in [0, 0.05) is 24.7 Å². The van der Waals surface area contributed by atoms with E-state index in [1.165, 1.54) is 25.3 Å². The van der Waals surface area contributed by atoms with Crippen LogP contribution in [0, 0.1) is 5.82 Å². The lowest BCUT2D eigenvalue weighted by atomic mass is 10.2. The third-order valence-electron chi connectivity index (χ3n) is 3.55. The fourth-order valence-electron chi connectivity index (χ4n) is 2.27. The van der Waals surface area contributed by atoms with Crippen molar-refractivity contribution in [3.8, 4) is 5.75 Å². The van der Waals surface area contributed by atoms with Crippen LogP contribution in [0.15, 0.2) is 47.4 Å². The molecule has 0 aliphatic heterocycles. The SMILES string of the molecule is COc1cc(NC(=O)CCNS(=O)(=O)c2ccc(F)cc2)ccc1NS(C)(=O)=O. The van der Waals surface area contributed by atoms with Crippen LogP contribution in [-0.2, 0) is 24.8 Å². The van der Waals surface area contributed by atoms with Crippen molar-refractivity contribution in [2.24, 2.45) is 0 Å². The largest absolute Gasteiger partial charge is 0.494 e. The lowest BCUT2D eigenvalue weighted by Gasteiger charge is -2.12. The molecule has 29 heavy (non-hydrogen) atoms. The van der Waals surface area contributed by atoms with Crippen LogP contribution in [0.1, 0.15) is 6.42 Å². The Kier molecular flexibility index (Phi) is 7.16. The first kappa shape index (κ1) is 22.6. The summed E-state index contributed by atoms with van der Waals surface area (Å²) < 4.78 is 69.4. The number of hydrogen-bond donors (Lipinski definition) is 3. The first-order chi connectivity index (χ1) is 13.5. The number of halogens is 1. The molecule has 9 nitrogen and oxygen atoms in total. The van der Waals surface area contributed by atoms with Crippen molar-refractivity contribution in [3.63, 3.8) is 0 Å². The van der Waals surface area contributed by atoms with Crippen LogP contribution < -0.4 is 19.5 Å². The molecule has 2 rings (SSSR count). The first-order valence-corrected chi connectivity index (χ1v) is 11.6. The summed E-state index contributed by atoms with van der Waals surface area (Å²) in [6.45, 7) is -0.170. The van der Waals surface area contributed by atoms with E-state index in [9.17, 15) is 26.0 Å². The molecule has 0 unspecified atom stereocenters. The number of methoxy groups -OCH3 is 1. The molecule has 1 amide bonds. The zero-order chi connectivity index (χ0) is 21.7. The zero-order valence-electron chi connectivity index (χ0n) is 15.6. The number of carbonyl (C=O) groups excluding carboxylic acids is 1. The number of carbonyl (C=O) groups is 1. The van der Waals surface area contributed by atoms with Crippen LogP contribution in [0.4, 0.5) is 15.8 Å². The molecule has 0 aliphatic carbocycles. The van der Waals surface area contributed by atoms with E-state index < -0.39 is 31.8 Å². The summed E-state index contributed by atoms with van der Waals surface area (Å²) in [6.07, 6.45) is 0.835. The fourth-order valence-corrected chi connectivity index (χ4v) is 3.87. The number of sulfonamides is 2. The number of hydrogen-bond acceptors (Lipinski definition) is 6. The van der Waals surface area contributed by atoms with Crippen molar-refractivity contribution >= 4 is 37.3 Å². The minimum Gasteiger partial charge on any atom is -0.494 e. The minimum atomic E-state index is -3.86. The third kappa shape index (κ3) is 7.00. The molecule has 0 radical (unpaired) electrons. The number of amides is 1. The van der Waals surface area contributed by atoms with Gasteiger partial charge in [0.05, 0.1) is 23.9 Å². The zero-order valence-corrected chi connectivity index (χ0v) is 17.2. The number of benzene rings is 2. The third-order valence-corrected chi connectivity index (χ3v) is 5.62. The van der Waals surface area contributed by atoms with Crippen molar-refractivity contribution in [3.05, 3.63) is 48.3 Å². The van der Waals surface area contributed by atoms with Gasteiger partial charge in [-0.2, -0.15) is 0 Å². The van der Waals surface area contributed by atoms with Gasteiger partial charge in [-0.05, 0) is 36.4 Å². The second-order valence-electron chi connectivity index (χ2n) is 5.94. The summed E-state index contributed by atoms with van der Waals surface area (Å²) in [6, 6.07) is 8.61. The average Bonchev–Trinajstić information content (AvgIpc) is 2.62. The van der Waals surface area contributed by atoms with Gasteiger partial charge in [0.1, 0.15) is 11.6 Å². The van der Waals surface area contributed by atoms with Crippen LogP contribution in [0.25, 0.3) is 0 Å². The van der Waals surface area contributed by atoms with Crippen LogP contribution in [0.3, 0.4) is 0 Å². The fraction of sp³-hybridized carbons (Fsp3) is 0.235. The Morgan fingerprint density at radius 2 is 1.72 bits per heavy atom. The summed E-state index contributed by atoms with van der Waals surface area (Å²) in [5.74, 6) is -0.834. The molecule has 0 aromatic heterocycles. The highest BCUT2D eigenvalue weighted by molar-refractivity contribution is 7.92. The molecule has 12 heteroatoms. The Labute approximate surface area is 168 Å². The molecule has 0 aliphatic rings. The van der Waals surface area contributed by atoms with E-state index in [-0.39, 0.29) is 29.3 Å². The summed E-state index contributed by atoms with van der Waals surface area (Å²) in [7, 11) is -6.02. The Bertz CT molecular complexity index is 1090. The van der Waals surface area contributed by atoms with Gasteiger partial charge in [-0.3, -0.25) is 9.52 Å². The summed E-state index contributed by atoms with van der Waals surface area (Å²) in [4.78, 5) is 11.9. The lowest BCUT2D eigenvalue weighted by Crippen LogP contribution is -2.27. The van der Waals surface area contributed by atoms with E-state index in [0.717, 1.165) is 30.5 Å². The highest BCUT2D eigenvalue weighted by Crippen LogP contribution is 2.28. The highest BCUT2D eigenvalue weighted by atomic mass is 32.2. The van der Waals surface area contributed by atoms with Gasteiger partial charge in [-0.1, -0.05) is 0 Å². The molecule has 2 aromatic rings. The molecule has 158 valence electrons. The Balaban J connectivity index is 1.94. The topological polar surface area (TPSA) is 131 Å². The predicted octanol–water partition coefficient (Wildman–Crippen LogP) is 1.51. The molecule has 0 fully saturated rings. The van der Waals surface area contributed by atoms with E-state index in [1.54, 1.807) is 0 Å². The number of anilines is 2. The molecule has 2 aromatic carbocycles. The Morgan fingerprint density at radius 3 is 2.31 bits per heavy atom. The number of ether oxygens (including phenoxy) is 1. The smallest absolute Gasteiger partial charge is 0.240 e. The normalized spacial score (nSPS) is 11.7. The van der Waals surface area contributed by atoms with E-state index in [1.807, 2.05) is 0 Å². The molecule has 3 N–H and O–H groups in total. The maximum Gasteiger partial charge on any atom is 0.240 e. The van der Waals surface area contributed by atoms with Gasteiger partial charge >= 0.3 is 0 Å². The van der Waals surface area contributed by atoms with Crippen LogP contribution in [-0.4, -0.2) is 42.7 Å². The highest BCUT2D eigenvalue weighted by Gasteiger charge is 2.15. The van der Waals surface area contributed by atoms with Gasteiger partial charge in [0.25, 0.3) is 0 Å². The number of nitrogens with one attached hydrogen (secondary N) is 3. The molecule has 0 heterocycles. The molecule has 0 spiro atoms. The van der Waals surface area contributed by atoms with Gasteiger partial charge < -0.3 is 10.1 Å². The maximum atomic E-state index is 12.9. The van der Waals surface area contributed by atoms with Gasteiger partial charge in [-0.15, -0.1) is 0 Å². The molecule has 0 atom stereocenters. The maximum absolute atomic E-state index is 12.9. The Morgan fingerprint density at radius 1 is 1.07 bits per heavy atom. The summed E-state index contributed by atoms with van der Waals surface area (Å²) in [5, 5.41) is 2.56. The van der Waals surface area contributed by atoms with Crippen molar-refractivity contribution in [2.45, 2.75) is 11.3 Å². The molecule has 0 saturated heterocycles. The lowest BCUT2D eigenvalue weighted by molar-refractivity contribution is -0.116. The monoisotopic (exact) mass is 445 g/mol. The summed E-state index contributed by atoms with van der Waals surface area (Å²) >= 11 is 0. The van der Waals surface area contributed by atoms with Crippen LogP contribution >= 0.6 is 0 Å². The quantitative estimate of drug-likeness (QED) is 0.536. The average molecular weight is 445 g/mol. The minimum absolute atomic E-state index is 0.113. The van der Waals surface area contributed by atoms with Crippen LogP contribution in [0.5, 0.6) is 5.75 Å². The van der Waals surface area contributed by atoms with Crippen molar-refractivity contribution in [2.75, 3.05) is 29.9 Å². The van der Waals surface area contributed by atoms with Gasteiger partial charge in [-0.25, -0.2) is 25.9 Å². The molecule has 0 bridgehead atoms. The first-order valence-electron chi connectivity index (χ1n) is 8.21. The van der Waals surface area contributed by atoms with Crippen molar-refractivity contribution in [1.29, 1.82) is 0 Å². The standard InChI is InChI=1S/C17H20FN3O6S2/c1-27-16-11-13(5-8-15(16)21-28(2,23)24)20-17(22)9-10-19-29(25,26)14-6-3-12(18)4-7-14/h3-8,11,19,21H,9-10H2,1-2H3,(H,20,22). The molecular formula is C17H20FN3O6S2. The van der Waals surface area contributed by atoms with Gasteiger partial charge in [0.2, 0.25) is 26.0 Å². The van der Waals surface area contributed by atoms with E-state index in [0.29, 0.717) is 5.69 Å². The molecule has 0 saturated carbocycles. The second-order valence-corrected chi connectivity index (χ2v) is 9.45. The number of rotatable bonds is 9. The second kappa shape index (κ2) is 9.20. The predicted molar refractivity (Wildman–Crippen MR) is 106 cm³/mol. The van der Waals surface area contributed by atoms with E-state index >= 15 is 0 Å². The Hall–Kier alpha value is -2.70. The summed E-state index contributed by atoms with van der Waals surface area (Å²) in [5.41, 5.74) is 0.548.